The molecule has 0 spiro atoms. The first kappa shape index (κ1) is 20.3. The molecule has 4 rings (SSSR count). The summed E-state index contributed by atoms with van der Waals surface area (Å²) < 4.78 is 12.0. The maximum atomic E-state index is 10.7. The van der Waals surface area contributed by atoms with Crippen molar-refractivity contribution in [1.82, 2.24) is 24.7 Å². The molecule has 31 heavy (non-hydrogen) atoms. The van der Waals surface area contributed by atoms with Gasteiger partial charge in [0.2, 0.25) is 5.88 Å². The summed E-state index contributed by atoms with van der Waals surface area (Å²) in [7, 11) is 1.64. The highest BCUT2D eigenvalue weighted by molar-refractivity contribution is 6.00. The Morgan fingerprint density at radius 2 is 1.94 bits per heavy atom. The van der Waals surface area contributed by atoms with E-state index in [2.05, 4.69) is 20.3 Å². The second-order valence-corrected chi connectivity index (χ2v) is 7.16. The van der Waals surface area contributed by atoms with Crippen LogP contribution in [0.4, 0.5) is 5.82 Å². The Bertz CT molecular complexity index is 1200. The molecule has 0 aliphatic heterocycles. The van der Waals surface area contributed by atoms with Crippen LogP contribution in [0.1, 0.15) is 19.4 Å². The van der Waals surface area contributed by atoms with Crippen molar-refractivity contribution in [2.24, 2.45) is 0 Å². The number of carbonyl (C=O) groups is 1. The molecule has 0 saturated carbocycles. The minimum Gasteiger partial charge on any atom is -0.497 e. The lowest BCUT2D eigenvalue weighted by Crippen LogP contribution is -2.11. The third-order valence-electron chi connectivity index (χ3n) is 4.63. The topological polar surface area (TPSA) is 104 Å². The van der Waals surface area contributed by atoms with Gasteiger partial charge in [0.15, 0.2) is 0 Å². The normalized spacial score (nSPS) is 11.0. The number of carbonyl (C=O) groups excluding carboxylic acids is 1. The van der Waals surface area contributed by atoms with Gasteiger partial charge in [-0.3, -0.25) is 9.48 Å². The molecule has 1 aromatic carbocycles. The van der Waals surface area contributed by atoms with E-state index in [-0.39, 0.29) is 11.9 Å². The predicted molar refractivity (Wildman–Crippen MR) is 116 cm³/mol. The molecule has 1 N–H and O–H groups in total. The van der Waals surface area contributed by atoms with Crippen LogP contribution in [0.25, 0.3) is 22.3 Å². The Morgan fingerprint density at radius 1 is 1.13 bits per heavy atom. The number of nitrogens with zero attached hydrogens (tertiary/aromatic N) is 5. The van der Waals surface area contributed by atoms with Gasteiger partial charge in [-0.1, -0.05) is 12.1 Å². The van der Waals surface area contributed by atoms with E-state index in [1.54, 1.807) is 19.4 Å². The van der Waals surface area contributed by atoms with Gasteiger partial charge in [-0.05, 0) is 37.6 Å². The van der Waals surface area contributed by atoms with E-state index in [0.29, 0.717) is 30.2 Å². The molecule has 0 fully saturated rings. The van der Waals surface area contributed by atoms with E-state index in [1.807, 2.05) is 48.9 Å². The minimum absolute atomic E-state index is 0.153. The van der Waals surface area contributed by atoms with Gasteiger partial charge in [0.25, 0.3) is 6.47 Å². The highest BCUT2D eigenvalue weighted by Gasteiger charge is 2.19. The summed E-state index contributed by atoms with van der Waals surface area (Å²) in [4.78, 5) is 23.6. The monoisotopic (exact) mass is 418 g/mol. The van der Waals surface area contributed by atoms with E-state index in [9.17, 15) is 4.79 Å². The van der Waals surface area contributed by atoms with Gasteiger partial charge in [-0.25, -0.2) is 15.0 Å². The molecule has 0 amide bonds. The van der Waals surface area contributed by atoms with Gasteiger partial charge in [-0.15, -0.1) is 0 Å². The van der Waals surface area contributed by atoms with Crippen molar-refractivity contribution in [3.05, 3.63) is 54.5 Å². The minimum atomic E-state index is 0.153. The Labute approximate surface area is 179 Å². The molecule has 0 radical (unpaired) electrons. The van der Waals surface area contributed by atoms with Crippen molar-refractivity contribution in [1.29, 1.82) is 0 Å². The van der Waals surface area contributed by atoms with Gasteiger partial charge < -0.3 is 14.8 Å². The lowest BCUT2D eigenvalue weighted by Gasteiger charge is -2.11. The van der Waals surface area contributed by atoms with E-state index in [4.69, 9.17) is 14.6 Å². The maximum absolute atomic E-state index is 10.7. The van der Waals surface area contributed by atoms with Crippen LogP contribution in [0.2, 0.25) is 0 Å². The summed E-state index contributed by atoms with van der Waals surface area (Å²) in [5.74, 6) is 1.66. The van der Waals surface area contributed by atoms with Crippen molar-refractivity contribution in [2.75, 3.05) is 12.4 Å². The van der Waals surface area contributed by atoms with E-state index in [1.165, 1.54) is 6.33 Å². The largest absolute Gasteiger partial charge is 0.497 e. The summed E-state index contributed by atoms with van der Waals surface area (Å²) in [6.07, 6.45) is 3.10. The molecule has 0 bridgehead atoms. The average Bonchev–Trinajstić information content (AvgIpc) is 3.14. The van der Waals surface area contributed by atoms with Crippen LogP contribution in [-0.4, -0.2) is 44.4 Å². The zero-order valence-electron chi connectivity index (χ0n) is 17.4. The first-order chi connectivity index (χ1) is 15.1. The number of rotatable bonds is 8. The Kier molecular flexibility index (Phi) is 5.74. The Hall–Kier alpha value is -4.01. The Morgan fingerprint density at radius 3 is 2.65 bits per heavy atom. The molecule has 4 aromatic rings. The van der Waals surface area contributed by atoms with Gasteiger partial charge in [0.1, 0.15) is 23.6 Å². The molecule has 158 valence electrons. The first-order valence-electron chi connectivity index (χ1n) is 9.76. The highest BCUT2D eigenvalue weighted by Crippen LogP contribution is 2.33. The van der Waals surface area contributed by atoms with Gasteiger partial charge in [0, 0.05) is 18.3 Å². The molecule has 9 heteroatoms. The van der Waals surface area contributed by atoms with Crippen LogP contribution in [0.3, 0.4) is 0 Å². The fraction of sp³-hybridized carbons (Fsp3) is 0.227. The van der Waals surface area contributed by atoms with E-state index in [0.717, 1.165) is 22.2 Å². The van der Waals surface area contributed by atoms with Crippen LogP contribution in [0.5, 0.6) is 11.6 Å². The summed E-state index contributed by atoms with van der Waals surface area (Å²) >= 11 is 0. The third kappa shape index (κ3) is 4.30. The first-order valence-corrected chi connectivity index (χ1v) is 9.76. The highest BCUT2D eigenvalue weighted by atomic mass is 16.5. The van der Waals surface area contributed by atoms with E-state index < -0.39 is 0 Å². The number of hydrogen-bond acceptors (Lipinski definition) is 8. The summed E-state index contributed by atoms with van der Waals surface area (Å²) in [6, 6.07) is 11.5. The van der Waals surface area contributed by atoms with Crippen molar-refractivity contribution in [2.45, 2.75) is 26.4 Å². The van der Waals surface area contributed by atoms with Gasteiger partial charge >= 0.3 is 0 Å². The quantitative estimate of drug-likeness (QED) is 0.435. The van der Waals surface area contributed by atoms with Crippen LogP contribution >= 0.6 is 0 Å². The molecule has 0 atom stereocenters. The van der Waals surface area contributed by atoms with Crippen molar-refractivity contribution >= 4 is 23.2 Å². The maximum Gasteiger partial charge on any atom is 0.299 e. The van der Waals surface area contributed by atoms with Crippen LogP contribution in [0, 0.1) is 0 Å². The lowest BCUT2D eigenvalue weighted by atomic mass is 10.1. The zero-order chi connectivity index (χ0) is 21.8. The lowest BCUT2D eigenvalue weighted by molar-refractivity contribution is -0.120. The number of benzene rings is 1. The van der Waals surface area contributed by atoms with Crippen molar-refractivity contribution in [3.8, 4) is 23.0 Å². The van der Waals surface area contributed by atoms with Crippen molar-refractivity contribution in [3.63, 3.8) is 0 Å². The SMILES string of the molecule is COc1ccc(Cn2nc(-c3cc(OC=O)ncn3)c3c(NC(C)C)nccc32)cc1. The fourth-order valence-corrected chi connectivity index (χ4v) is 3.29. The number of ether oxygens (including phenoxy) is 2. The number of aromatic nitrogens is 5. The molecule has 3 heterocycles. The second kappa shape index (κ2) is 8.78. The third-order valence-corrected chi connectivity index (χ3v) is 4.63. The standard InChI is InChI=1S/C22H22N6O3/c1-14(2)26-22-20-18(8-9-23-22)28(11-15-4-6-16(30-3)7-5-15)27-21(20)17-10-19(31-13-29)25-12-24-17/h4-10,12-14H,11H2,1-3H3,(H,23,26). The number of fused-ring (bicyclic) bond motifs is 1. The molecule has 0 unspecified atom stereocenters. The van der Waals surface area contributed by atoms with Crippen LogP contribution in [-0.2, 0) is 11.3 Å². The number of nitrogens with one attached hydrogen (secondary N) is 1. The number of anilines is 1. The summed E-state index contributed by atoms with van der Waals surface area (Å²) in [6.45, 7) is 4.97. The zero-order valence-corrected chi connectivity index (χ0v) is 17.4. The molecule has 0 aliphatic carbocycles. The molecule has 0 aliphatic rings. The molecule has 9 nitrogen and oxygen atoms in total. The smallest absolute Gasteiger partial charge is 0.299 e. The molecular formula is C22H22N6O3. The Balaban J connectivity index is 1.85. The van der Waals surface area contributed by atoms with Gasteiger partial charge in [0.05, 0.1) is 30.3 Å². The molecular weight excluding hydrogens is 396 g/mol. The van der Waals surface area contributed by atoms with Crippen molar-refractivity contribution < 1.29 is 14.3 Å². The van der Waals surface area contributed by atoms with Crippen LogP contribution in [0.15, 0.2) is 48.9 Å². The predicted octanol–water partition coefficient (Wildman–Crippen LogP) is 3.30. The number of methoxy groups -OCH3 is 1. The average molecular weight is 418 g/mol. The molecule has 0 saturated heterocycles. The van der Waals surface area contributed by atoms with Crippen LogP contribution < -0.4 is 14.8 Å². The number of hydrogen-bond donors (Lipinski definition) is 1. The summed E-state index contributed by atoms with van der Waals surface area (Å²) in [5.41, 5.74) is 3.13. The molecule has 3 aromatic heterocycles. The van der Waals surface area contributed by atoms with Gasteiger partial charge in [-0.2, -0.15) is 5.10 Å². The fourth-order valence-electron chi connectivity index (χ4n) is 3.29. The number of pyridine rings is 1. The van der Waals surface area contributed by atoms with E-state index >= 15 is 0 Å². The summed E-state index contributed by atoms with van der Waals surface area (Å²) in [5, 5.41) is 9.05. The second-order valence-electron chi connectivity index (χ2n) is 7.16.